The van der Waals surface area contributed by atoms with Crippen molar-refractivity contribution >= 4 is 45.2 Å². The number of benzene rings is 3. The molecule has 6 heteroatoms. The number of carbonyl (C=O) groups excluding carboxylic acids is 2. The fraction of sp³-hybridized carbons (Fsp3) is 0.0833. The van der Waals surface area contributed by atoms with E-state index in [2.05, 4.69) is 15.9 Å². The van der Waals surface area contributed by atoms with Gasteiger partial charge in [-0.1, -0.05) is 54.1 Å². The lowest BCUT2D eigenvalue weighted by atomic mass is 10.1. The Bertz CT molecular complexity index is 1160. The zero-order chi connectivity index (χ0) is 21.3. The van der Waals surface area contributed by atoms with Gasteiger partial charge in [0.1, 0.15) is 6.61 Å². The highest BCUT2D eigenvalue weighted by Crippen LogP contribution is 2.39. The van der Waals surface area contributed by atoms with Crippen LogP contribution in [-0.2, 0) is 6.61 Å². The number of hydrogen-bond donors (Lipinski definition) is 0. The van der Waals surface area contributed by atoms with E-state index in [0.717, 1.165) is 5.56 Å². The fourth-order valence-corrected chi connectivity index (χ4v) is 4.06. The van der Waals surface area contributed by atoms with Crippen molar-refractivity contribution in [1.82, 2.24) is 0 Å². The SMILES string of the molecule is COc1cc(C=C2C(=O)c3ccccc3C2=O)cc(Br)c1OCc1ccccc1Cl. The van der Waals surface area contributed by atoms with Crippen molar-refractivity contribution in [3.63, 3.8) is 0 Å². The molecule has 30 heavy (non-hydrogen) atoms. The molecule has 0 aromatic heterocycles. The molecule has 4 rings (SSSR count). The first-order chi connectivity index (χ1) is 14.5. The number of fused-ring (bicyclic) bond motifs is 1. The first-order valence-electron chi connectivity index (χ1n) is 9.13. The summed E-state index contributed by atoms with van der Waals surface area (Å²) in [6, 6.07) is 17.8. The molecule has 0 radical (unpaired) electrons. The molecule has 0 bridgehead atoms. The van der Waals surface area contributed by atoms with Crippen molar-refractivity contribution in [2.45, 2.75) is 6.61 Å². The van der Waals surface area contributed by atoms with Crippen LogP contribution in [0.2, 0.25) is 5.02 Å². The van der Waals surface area contributed by atoms with E-state index in [9.17, 15) is 9.59 Å². The molecule has 0 saturated heterocycles. The Labute approximate surface area is 187 Å². The van der Waals surface area contributed by atoms with Gasteiger partial charge < -0.3 is 9.47 Å². The molecule has 0 aliphatic heterocycles. The normalized spacial score (nSPS) is 12.7. The maximum Gasteiger partial charge on any atom is 0.197 e. The molecule has 0 spiro atoms. The van der Waals surface area contributed by atoms with Gasteiger partial charge in [-0.05, 0) is 45.8 Å². The van der Waals surface area contributed by atoms with Gasteiger partial charge in [-0.25, -0.2) is 0 Å². The van der Waals surface area contributed by atoms with E-state index in [1.54, 1.807) is 48.5 Å². The molecule has 1 aliphatic rings. The quantitative estimate of drug-likeness (QED) is 0.322. The minimum Gasteiger partial charge on any atom is -0.493 e. The van der Waals surface area contributed by atoms with E-state index in [1.165, 1.54) is 7.11 Å². The first-order valence-corrected chi connectivity index (χ1v) is 10.3. The number of rotatable bonds is 5. The Balaban J connectivity index is 1.65. The lowest BCUT2D eigenvalue weighted by molar-refractivity contribution is 0.0990. The van der Waals surface area contributed by atoms with Crippen LogP contribution in [0.5, 0.6) is 11.5 Å². The molecule has 1 aliphatic carbocycles. The lowest BCUT2D eigenvalue weighted by Crippen LogP contribution is -2.01. The van der Waals surface area contributed by atoms with Crippen LogP contribution in [0.15, 0.2) is 70.7 Å². The Morgan fingerprint density at radius 1 is 0.967 bits per heavy atom. The highest BCUT2D eigenvalue weighted by Gasteiger charge is 2.32. The highest BCUT2D eigenvalue weighted by atomic mass is 79.9. The van der Waals surface area contributed by atoms with E-state index in [4.69, 9.17) is 21.1 Å². The number of Topliss-reactive ketones (excluding diaryl/α,β-unsaturated/α-hetero) is 2. The molecular formula is C24H16BrClO4. The summed E-state index contributed by atoms with van der Waals surface area (Å²) in [6.07, 6.45) is 1.58. The monoisotopic (exact) mass is 482 g/mol. The Morgan fingerprint density at radius 3 is 2.23 bits per heavy atom. The molecule has 150 valence electrons. The van der Waals surface area contributed by atoms with Crippen LogP contribution in [0.1, 0.15) is 31.8 Å². The average molecular weight is 484 g/mol. The van der Waals surface area contributed by atoms with Crippen LogP contribution in [0, 0.1) is 0 Å². The number of hydrogen-bond acceptors (Lipinski definition) is 4. The van der Waals surface area contributed by atoms with Gasteiger partial charge in [0.2, 0.25) is 0 Å². The van der Waals surface area contributed by atoms with Crippen molar-refractivity contribution in [1.29, 1.82) is 0 Å². The largest absolute Gasteiger partial charge is 0.493 e. The maximum atomic E-state index is 12.6. The highest BCUT2D eigenvalue weighted by molar-refractivity contribution is 9.10. The molecule has 0 N–H and O–H groups in total. The van der Waals surface area contributed by atoms with Crippen molar-refractivity contribution in [2.24, 2.45) is 0 Å². The minimum absolute atomic E-state index is 0.134. The predicted molar refractivity (Wildman–Crippen MR) is 120 cm³/mol. The van der Waals surface area contributed by atoms with Crippen LogP contribution < -0.4 is 9.47 Å². The van der Waals surface area contributed by atoms with Gasteiger partial charge in [0.25, 0.3) is 0 Å². The first kappa shape index (κ1) is 20.4. The molecule has 0 atom stereocenters. The lowest BCUT2D eigenvalue weighted by Gasteiger charge is -2.14. The van der Waals surface area contributed by atoms with Gasteiger partial charge in [0.15, 0.2) is 23.1 Å². The summed E-state index contributed by atoms with van der Waals surface area (Å²) in [6.45, 7) is 0.265. The summed E-state index contributed by atoms with van der Waals surface area (Å²) in [4.78, 5) is 25.3. The van der Waals surface area contributed by atoms with Crippen LogP contribution in [-0.4, -0.2) is 18.7 Å². The Hall–Kier alpha value is -2.89. The van der Waals surface area contributed by atoms with Crippen molar-refractivity contribution in [3.8, 4) is 11.5 Å². The zero-order valence-corrected chi connectivity index (χ0v) is 18.3. The van der Waals surface area contributed by atoms with E-state index in [1.807, 2.05) is 18.2 Å². The fourth-order valence-electron chi connectivity index (χ4n) is 3.30. The number of ketones is 2. The second kappa shape index (κ2) is 8.46. The number of allylic oxidation sites excluding steroid dienone is 1. The molecule has 0 fully saturated rings. The van der Waals surface area contributed by atoms with Crippen LogP contribution in [0.4, 0.5) is 0 Å². The number of carbonyl (C=O) groups is 2. The number of ether oxygens (including phenoxy) is 2. The van der Waals surface area contributed by atoms with E-state index in [-0.39, 0.29) is 23.7 Å². The summed E-state index contributed by atoms with van der Waals surface area (Å²) >= 11 is 9.70. The van der Waals surface area contributed by atoms with Gasteiger partial charge in [-0.3, -0.25) is 9.59 Å². The third-order valence-electron chi connectivity index (χ3n) is 4.80. The van der Waals surface area contributed by atoms with Crippen LogP contribution in [0.25, 0.3) is 6.08 Å². The van der Waals surface area contributed by atoms with Gasteiger partial charge in [-0.15, -0.1) is 0 Å². The van der Waals surface area contributed by atoms with Gasteiger partial charge in [-0.2, -0.15) is 0 Å². The summed E-state index contributed by atoms with van der Waals surface area (Å²) in [5.74, 6) is 0.431. The third kappa shape index (κ3) is 3.78. The molecule has 3 aromatic rings. The minimum atomic E-state index is -0.273. The van der Waals surface area contributed by atoms with Crippen molar-refractivity contribution in [2.75, 3.05) is 7.11 Å². The summed E-state index contributed by atoms with van der Waals surface area (Å²) in [5, 5.41) is 0.617. The van der Waals surface area contributed by atoms with Gasteiger partial charge in [0, 0.05) is 21.7 Å². The van der Waals surface area contributed by atoms with Crippen molar-refractivity contribution in [3.05, 3.63) is 98.0 Å². The molecule has 0 amide bonds. The molecule has 4 nitrogen and oxygen atoms in total. The summed E-state index contributed by atoms with van der Waals surface area (Å²) in [7, 11) is 1.53. The maximum absolute atomic E-state index is 12.6. The smallest absolute Gasteiger partial charge is 0.197 e. The molecule has 3 aromatic carbocycles. The van der Waals surface area contributed by atoms with E-state index in [0.29, 0.717) is 37.7 Å². The van der Waals surface area contributed by atoms with E-state index < -0.39 is 0 Å². The molecule has 0 heterocycles. The third-order valence-corrected chi connectivity index (χ3v) is 5.76. The molecule has 0 saturated carbocycles. The molecular weight excluding hydrogens is 468 g/mol. The predicted octanol–water partition coefficient (Wildman–Crippen LogP) is 6.15. The molecule has 0 unspecified atom stereocenters. The van der Waals surface area contributed by atoms with Gasteiger partial charge in [0.05, 0.1) is 17.2 Å². The van der Waals surface area contributed by atoms with Crippen molar-refractivity contribution < 1.29 is 19.1 Å². The average Bonchev–Trinajstić information content (AvgIpc) is 2.99. The zero-order valence-electron chi connectivity index (χ0n) is 15.9. The topological polar surface area (TPSA) is 52.6 Å². The second-order valence-electron chi connectivity index (χ2n) is 6.68. The second-order valence-corrected chi connectivity index (χ2v) is 7.94. The summed E-state index contributed by atoms with van der Waals surface area (Å²) in [5.41, 5.74) is 2.49. The number of halogens is 2. The Morgan fingerprint density at radius 2 is 1.60 bits per heavy atom. The van der Waals surface area contributed by atoms with Crippen LogP contribution in [0.3, 0.4) is 0 Å². The Kier molecular flexibility index (Phi) is 5.75. The van der Waals surface area contributed by atoms with Crippen LogP contribution >= 0.6 is 27.5 Å². The standard InChI is InChI=1S/C24H16BrClO4/c1-29-21-12-14(10-18-22(27)16-7-3-4-8-17(16)23(18)28)11-19(25)24(21)30-13-15-6-2-5-9-20(15)26/h2-12H,13H2,1H3. The van der Waals surface area contributed by atoms with Gasteiger partial charge >= 0.3 is 0 Å². The number of methoxy groups -OCH3 is 1. The van der Waals surface area contributed by atoms with E-state index >= 15 is 0 Å². The summed E-state index contributed by atoms with van der Waals surface area (Å²) < 4.78 is 12.0.